The van der Waals surface area contributed by atoms with E-state index >= 15 is 0 Å². The van der Waals surface area contributed by atoms with Gasteiger partial charge < -0.3 is 18.1 Å². The number of fused-ring (bicyclic) bond motifs is 1. The van der Waals surface area contributed by atoms with Crippen molar-refractivity contribution < 1.29 is 26.5 Å². The lowest BCUT2D eigenvalue weighted by Crippen LogP contribution is -2.12. The number of hydrogen-bond donors (Lipinski definition) is 0. The Kier molecular flexibility index (Phi) is 5.39. The molecular weight excluding hydrogens is 420 g/mol. The van der Waals surface area contributed by atoms with Crippen molar-refractivity contribution in [2.45, 2.75) is 4.90 Å². The molecule has 1 aromatic heterocycles. The van der Waals surface area contributed by atoms with Crippen LogP contribution < -0.4 is 19.1 Å². The van der Waals surface area contributed by atoms with Gasteiger partial charge in [0.05, 0.1) is 25.2 Å². The summed E-state index contributed by atoms with van der Waals surface area (Å²) in [6.45, 7) is 0. The summed E-state index contributed by atoms with van der Waals surface area (Å²) < 4.78 is 46.9. The van der Waals surface area contributed by atoms with Crippen molar-refractivity contribution in [2.75, 3.05) is 14.2 Å². The number of ether oxygens (including phenoxy) is 2. The van der Waals surface area contributed by atoms with Crippen LogP contribution in [0.2, 0.25) is 0 Å². The van der Waals surface area contributed by atoms with Crippen molar-refractivity contribution in [3.8, 4) is 28.4 Å². The van der Waals surface area contributed by atoms with Crippen LogP contribution in [0.4, 0.5) is 0 Å². The Hall–Kier alpha value is -3.78. The molecule has 158 valence electrons. The van der Waals surface area contributed by atoms with Gasteiger partial charge in [-0.15, -0.1) is 0 Å². The minimum absolute atomic E-state index is 0.00650. The van der Waals surface area contributed by atoms with E-state index in [0.29, 0.717) is 10.9 Å². The van der Waals surface area contributed by atoms with Crippen LogP contribution in [0.25, 0.3) is 22.1 Å². The molecule has 0 spiro atoms. The lowest BCUT2D eigenvalue weighted by Gasteiger charge is -2.13. The van der Waals surface area contributed by atoms with Crippen molar-refractivity contribution in [3.63, 3.8) is 0 Å². The number of hydrogen-bond acceptors (Lipinski definition) is 7. The van der Waals surface area contributed by atoms with Gasteiger partial charge >= 0.3 is 10.1 Å². The van der Waals surface area contributed by atoms with Gasteiger partial charge in [0, 0.05) is 6.07 Å². The summed E-state index contributed by atoms with van der Waals surface area (Å²) in [5, 5.41) is 0.310. The summed E-state index contributed by atoms with van der Waals surface area (Å²) in [7, 11) is -1.50. The van der Waals surface area contributed by atoms with Crippen molar-refractivity contribution in [1.82, 2.24) is 0 Å². The fourth-order valence-electron chi connectivity index (χ4n) is 3.20. The van der Waals surface area contributed by atoms with Crippen molar-refractivity contribution >= 4 is 21.1 Å². The lowest BCUT2D eigenvalue weighted by atomic mass is 10.1. The lowest BCUT2D eigenvalue weighted by molar-refractivity contribution is 0.345. The maximum atomic E-state index is 12.9. The average Bonchev–Trinajstić information content (AvgIpc) is 2.79. The second kappa shape index (κ2) is 8.16. The molecule has 3 aromatic carbocycles. The third kappa shape index (κ3) is 3.85. The van der Waals surface area contributed by atoms with E-state index in [1.807, 2.05) is 30.3 Å². The first-order valence-electron chi connectivity index (χ1n) is 9.21. The molecule has 8 heteroatoms. The topological polar surface area (TPSA) is 92.0 Å². The molecule has 0 amide bonds. The van der Waals surface area contributed by atoms with Crippen LogP contribution in [0.5, 0.6) is 17.2 Å². The Morgan fingerprint density at radius 2 is 1.65 bits per heavy atom. The quantitative estimate of drug-likeness (QED) is 0.416. The maximum Gasteiger partial charge on any atom is 0.343 e. The average molecular weight is 438 g/mol. The van der Waals surface area contributed by atoms with E-state index < -0.39 is 10.1 Å². The smallest absolute Gasteiger partial charge is 0.343 e. The van der Waals surface area contributed by atoms with Crippen molar-refractivity contribution in [3.05, 3.63) is 83.2 Å². The third-order valence-electron chi connectivity index (χ3n) is 4.67. The van der Waals surface area contributed by atoms with Gasteiger partial charge in [-0.25, -0.2) is 0 Å². The molecule has 7 nitrogen and oxygen atoms in total. The molecule has 1 heterocycles. The minimum Gasteiger partial charge on any atom is -0.493 e. The van der Waals surface area contributed by atoms with Gasteiger partial charge in [0.25, 0.3) is 0 Å². The van der Waals surface area contributed by atoms with E-state index in [1.165, 1.54) is 50.8 Å². The number of para-hydroxylation sites is 1. The standard InChI is InChI=1S/C23H18O7S/c1-27-19-9-6-10-21(23(19)28-2)31(25,26)30-16-11-12-17-20(13-16)29-14-18(22(17)24)15-7-4-3-5-8-15/h3-14H,1-2H3. The summed E-state index contributed by atoms with van der Waals surface area (Å²) in [6.07, 6.45) is 1.35. The second-order valence-electron chi connectivity index (χ2n) is 6.53. The number of rotatable bonds is 6. The van der Waals surface area contributed by atoms with Crippen LogP contribution in [-0.4, -0.2) is 22.6 Å². The summed E-state index contributed by atoms with van der Waals surface area (Å²) in [4.78, 5) is 12.7. The highest BCUT2D eigenvalue weighted by Gasteiger charge is 2.25. The maximum absolute atomic E-state index is 12.9. The summed E-state index contributed by atoms with van der Waals surface area (Å²) in [5.41, 5.74) is 1.12. The molecular formula is C23H18O7S. The SMILES string of the molecule is COc1cccc(S(=O)(=O)Oc2ccc3c(=O)c(-c4ccccc4)coc3c2)c1OC. The van der Waals surface area contributed by atoms with E-state index in [-0.39, 0.29) is 33.2 Å². The fourth-order valence-corrected chi connectivity index (χ4v) is 4.31. The predicted molar refractivity (Wildman–Crippen MR) is 115 cm³/mol. The summed E-state index contributed by atoms with van der Waals surface area (Å²) in [5.74, 6) is 0.280. The molecule has 0 atom stereocenters. The van der Waals surface area contributed by atoms with Gasteiger partial charge in [-0.1, -0.05) is 36.4 Å². The molecule has 4 rings (SSSR count). The van der Waals surface area contributed by atoms with Crippen molar-refractivity contribution in [1.29, 1.82) is 0 Å². The molecule has 0 bridgehead atoms. The Labute approximate surface area is 178 Å². The molecule has 0 aliphatic rings. The highest BCUT2D eigenvalue weighted by atomic mass is 32.2. The van der Waals surface area contributed by atoms with Gasteiger partial charge in [-0.05, 0) is 29.8 Å². The Balaban J connectivity index is 1.72. The Morgan fingerprint density at radius 3 is 2.35 bits per heavy atom. The minimum atomic E-state index is -4.24. The van der Waals surface area contributed by atoms with E-state index in [0.717, 1.165) is 5.56 Å². The van der Waals surface area contributed by atoms with Crippen LogP contribution in [-0.2, 0) is 10.1 Å². The van der Waals surface area contributed by atoms with Gasteiger partial charge in [0.1, 0.15) is 17.6 Å². The molecule has 0 saturated carbocycles. The molecule has 0 fully saturated rings. The van der Waals surface area contributed by atoms with Gasteiger partial charge in [-0.2, -0.15) is 8.42 Å². The van der Waals surface area contributed by atoms with E-state index in [4.69, 9.17) is 18.1 Å². The van der Waals surface area contributed by atoms with Gasteiger partial charge in [0.2, 0.25) is 0 Å². The van der Waals surface area contributed by atoms with Crippen molar-refractivity contribution in [2.24, 2.45) is 0 Å². The molecule has 0 unspecified atom stereocenters. The molecule has 31 heavy (non-hydrogen) atoms. The van der Waals surface area contributed by atoms with Crippen LogP contribution in [0.3, 0.4) is 0 Å². The monoisotopic (exact) mass is 438 g/mol. The number of methoxy groups -OCH3 is 2. The zero-order valence-corrected chi connectivity index (χ0v) is 17.5. The third-order valence-corrected chi connectivity index (χ3v) is 5.94. The zero-order chi connectivity index (χ0) is 22.0. The summed E-state index contributed by atoms with van der Waals surface area (Å²) >= 11 is 0. The Morgan fingerprint density at radius 1 is 0.871 bits per heavy atom. The van der Waals surface area contributed by atoms with E-state index in [9.17, 15) is 13.2 Å². The molecule has 0 N–H and O–H groups in total. The van der Waals surface area contributed by atoms with Crippen LogP contribution in [0, 0.1) is 0 Å². The Bertz CT molecular complexity index is 1410. The summed E-state index contributed by atoms with van der Waals surface area (Å²) in [6, 6.07) is 17.8. The molecule has 0 saturated heterocycles. The fraction of sp³-hybridized carbons (Fsp3) is 0.0870. The molecule has 0 radical (unpaired) electrons. The first-order chi connectivity index (χ1) is 14.9. The molecule has 0 aliphatic carbocycles. The number of benzene rings is 3. The van der Waals surface area contributed by atoms with E-state index in [2.05, 4.69) is 0 Å². The largest absolute Gasteiger partial charge is 0.493 e. The predicted octanol–water partition coefficient (Wildman–Crippen LogP) is 4.24. The zero-order valence-electron chi connectivity index (χ0n) is 16.7. The molecule has 0 aliphatic heterocycles. The van der Waals surface area contributed by atoms with Crippen LogP contribution in [0.1, 0.15) is 0 Å². The molecule has 4 aromatic rings. The van der Waals surface area contributed by atoms with E-state index in [1.54, 1.807) is 6.07 Å². The first-order valence-corrected chi connectivity index (χ1v) is 10.6. The highest BCUT2D eigenvalue weighted by molar-refractivity contribution is 7.87. The van der Waals surface area contributed by atoms with Crippen LogP contribution in [0.15, 0.2) is 87.1 Å². The first kappa shape index (κ1) is 20.5. The van der Waals surface area contributed by atoms with Gasteiger partial charge in [0.15, 0.2) is 21.8 Å². The normalized spacial score (nSPS) is 11.3. The highest BCUT2D eigenvalue weighted by Crippen LogP contribution is 2.35. The second-order valence-corrected chi connectivity index (χ2v) is 8.05. The van der Waals surface area contributed by atoms with Gasteiger partial charge in [-0.3, -0.25) is 4.79 Å². The van der Waals surface area contributed by atoms with Crippen LogP contribution >= 0.6 is 0 Å².